The summed E-state index contributed by atoms with van der Waals surface area (Å²) >= 11 is 0. The molecular weight excluding hydrogens is 392 g/mol. The molecule has 0 atom stereocenters. The van der Waals surface area contributed by atoms with Gasteiger partial charge in [-0.3, -0.25) is 24.6 Å². The Morgan fingerprint density at radius 2 is 1.67 bits per heavy atom. The number of carbonyl (C=O) groups is 3. The van der Waals surface area contributed by atoms with Crippen molar-refractivity contribution in [3.63, 3.8) is 0 Å². The van der Waals surface area contributed by atoms with Crippen molar-refractivity contribution in [3.05, 3.63) is 53.6 Å². The van der Waals surface area contributed by atoms with Crippen molar-refractivity contribution in [2.75, 3.05) is 25.1 Å². The van der Waals surface area contributed by atoms with Gasteiger partial charge in [0.05, 0.1) is 11.1 Å². The Bertz CT molecular complexity index is 1150. The van der Waals surface area contributed by atoms with Gasteiger partial charge in [0.15, 0.2) is 11.5 Å². The molecule has 0 aliphatic carbocycles. The molecule has 0 fully saturated rings. The Morgan fingerprint density at radius 3 is 2.40 bits per heavy atom. The highest BCUT2D eigenvalue weighted by molar-refractivity contribution is 6.22. The van der Waals surface area contributed by atoms with E-state index in [0.29, 0.717) is 30.3 Å². The number of amides is 3. The van der Waals surface area contributed by atoms with E-state index in [-0.39, 0.29) is 23.0 Å². The first-order valence-electron chi connectivity index (χ1n) is 9.09. The monoisotopic (exact) mass is 406 g/mol. The second kappa shape index (κ2) is 6.99. The number of nitrogens with zero attached hydrogens (tertiary/aromatic N) is 3. The van der Waals surface area contributed by atoms with E-state index in [4.69, 9.17) is 13.9 Å². The molecular formula is C20H14N4O6. The molecule has 30 heavy (non-hydrogen) atoms. The second-order valence-corrected chi connectivity index (χ2v) is 6.56. The fourth-order valence-corrected chi connectivity index (χ4v) is 3.25. The van der Waals surface area contributed by atoms with Crippen LogP contribution in [0.2, 0.25) is 0 Å². The molecule has 0 radical (unpaired) electrons. The highest BCUT2D eigenvalue weighted by atomic mass is 16.6. The fraction of sp³-hybridized carbons (Fsp3) is 0.150. The lowest BCUT2D eigenvalue weighted by Crippen LogP contribution is -2.37. The van der Waals surface area contributed by atoms with Crippen LogP contribution in [0.3, 0.4) is 0 Å². The number of rotatable bonds is 4. The van der Waals surface area contributed by atoms with E-state index in [1.165, 1.54) is 0 Å². The SMILES string of the molecule is O=C(CN1C(=O)c2ccccc2C1=O)Nc1nnc(-c2ccc3c(c2)OCCO3)o1. The molecule has 10 heteroatoms. The lowest BCUT2D eigenvalue weighted by atomic mass is 10.1. The molecule has 2 aromatic carbocycles. The van der Waals surface area contributed by atoms with Gasteiger partial charge in [0.25, 0.3) is 11.8 Å². The van der Waals surface area contributed by atoms with Gasteiger partial charge in [0, 0.05) is 5.56 Å². The first-order chi connectivity index (χ1) is 14.6. The van der Waals surface area contributed by atoms with Crippen molar-refractivity contribution in [1.29, 1.82) is 0 Å². The number of benzene rings is 2. The van der Waals surface area contributed by atoms with Crippen molar-refractivity contribution < 1.29 is 28.3 Å². The van der Waals surface area contributed by atoms with Gasteiger partial charge in [-0.05, 0) is 30.3 Å². The topological polar surface area (TPSA) is 124 Å². The van der Waals surface area contributed by atoms with Crippen LogP contribution in [-0.2, 0) is 4.79 Å². The van der Waals surface area contributed by atoms with Gasteiger partial charge in [-0.25, -0.2) is 0 Å². The molecule has 10 nitrogen and oxygen atoms in total. The molecule has 2 aliphatic rings. The Hall–Kier alpha value is -4.21. The standard InChI is InChI=1S/C20H14N4O6/c25-16(10-24-18(26)12-3-1-2-4-13(12)19(24)27)21-20-23-22-17(30-20)11-5-6-14-15(9-11)29-8-7-28-14/h1-6,9H,7-8,10H2,(H,21,23,25). The number of ether oxygens (including phenoxy) is 2. The lowest BCUT2D eigenvalue weighted by Gasteiger charge is -2.18. The minimum Gasteiger partial charge on any atom is -0.486 e. The van der Waals surface area contributed by atoms with Crippen LogP contribution >= 0.6 is 0 Å². The maximum atomic E-state index is 12.4. The van der Waals surface area contributed by atoms with Gasteiger partial charge in [-0.1, -0.05) is 17.2 Å². The summed E-state index contributed by atoms with van der Waals surface area (Å²) in [5.74, 6) is -0.321. The zero-order valence-electron chi connectivity index (χ0n) is 15.5. The first kappa shape index (κ1) is 17.9. The minimum absolute atomic E-state index is 0.151. The van der Waals surface area contributed by atoms with Crippen LogP contribution in [0.4, 0.5) is 6.01 Å². The largest absolute Gasteiger partial charge is 0.486 e. The number of carbonyl (C=O) groups excluding carboxylic acids is 3. The number of nitrogens with one attached hydrogen (secondary N) is 1. The molecule has 0 saturated carbocycles. The van der Waals surface area contributed by atoms with E-state index in [2.05, 4.69) is 15.5 Å². The minimum atomic E-state index is -0.637. The van der Waals surface area contributed by atoms with Gasteiger partial charge < -0.3 is 13.9 Å². The maximum Gasteiger partial charge on any atom is 0.322 e. The molecule has 3 amide bonds. The first-order valence-corrected chi connectivity index (χ1v) is 9.09. The van der Waals surface area contributed by atoms with Crippen molar-refractivity contribution in [1.82, 2.24) is 15.1 Å². The molecule has 3 aromatic rings. The molecule has 0 saturated heterocycles. The van der Waals surface area contributed by atoms with Crippen molar-refractivity contribution >= 4 is 23.7 Å². The van der Waals surface area contributed by atoms with Gasteiger partial charge in [0.1, 0.15) is 19.8 Å². The number of hydrogen-bond donors (Lipinski definition) is 1. The molecule has 150 valence electrons. The van der Waals surface area contributed by atoms with Gasteiger partial charge in [0.2, 0.25) is 11.8 Å². The number of imide groups is 1. The van der Waals surface area contributed by atoms with E-state index in [0.717, 1.165) is 4.90 Å². The van der Waals surface area contributed by atoms with E-state index >= 15 is 0 Å². The lowest BCUT2D eigenvalue weighted by molar-refractivity contribution is -0.116. The summed E-state index contributed by atoms with van der Waals surface area (Å²) < 4.78 is 16.5. The summed E-state index contributed by atoms with van der Waals surface area (Å²) in [5.41, 5.74) is 1.13. The summed E-state index contributed by atoms with van der Waals surface area (Å²) in [6.45, 7) is 0.462. The number of hydrogen-bond acceptors (Lipinski definition) is 8. The second-order valence-electron chi connectivity index (χ2n) is 6.56. The smallest absolute Gasteiger partial charge is 0.322 e. The Balaban J connectivity index is 1.27. The van der Waals surface area contributed by atoms with Gasteiger partial charge >= 0.3 is 6.01 Å². The van der Waals surface area contributed by atoms with Crippen molar-refractivity contribution in [2.45, 2.75) is 0 Å². The van der Waals surface area contributed by atoms with Crippen LogP contribution in [0.15, 0.2) is 46.9 Å². The highest BCUT2D eigenvalue weighted by Gasteiger charge is 2.36. The third-order valence-corrected chi connectivity index (χ3v) is 4.64. The molecule has 1 aromatic heterocycles. The zero-order chi connectivity index (χ0) is 20.7. The van der Waals surface area contributed by atoms with Gasteiger partial charge in [-0.2, -0.15) is 0 Å². The number of fused-ring (bicyclic) bond motifs is 2. The molecule has 5 rings (SSSR count). The molecule has 1 N–H and O–H groups in total. The van der Waals surface area contributed by atoms with Crippen molar-refractivity contribution in [3.8, 4) is 23.0 Å². The normalized spacial score (nSPS) is 14.6. The van der Waals surface area contributed by atoms with Crippen LogP contribution < -0.4 is 14.8 Å². The highest BCUT2D eigenvalue weighted by Crippen LogP contribution is 2.34. The van der Waals surface area contributed by atoms with Crippen LogP contribution in [0.5, 0.6) is 11.5 Å². The average Bonchev–Trinajstić information content (AvgIpc) is 3.32. The van der Waals surface area contributed by atoms with Crippen molar-refractivity contribution in [2.24, 2.45) is 0 Å². The average molecular weight is 406 g/mol. The summed E-state index contributed by atoms with van der Waals surface area (Å²) in [7, 11) is 0. The summed E-state index contributed by atoms with van der Waals surface area (Å²) in [5, 5.41) is 10.1. The van der Waals surface area contributed by atoms with Gasteiger partial charge in [-0.15, -0.1) is 5.10 Å². The zero-order valence-corrected chi connectivity index (χ0v) is 15.5. The number of aromatic nitrogens is 2. The number of anilines is 1. The predicted molar refractivity (Wildman–Crippen MR) is 101 cm³/mol. The Morgan fingerprint density at radius 1 is 0.967 bits per heavy atom. The van der Waals surface area contributed by atoms with Crippen LogP contribution in [-0.4, -0.2) is 52.6 Å². The molecule has 0 unspecified atom stereocenters. The maximum absolute atomic E-state index is 12.4. The van der Waals surface area contributed by atoms with E-state index in [9.17, 15) is 14.4 Å². The third-order valence-electron chi connectivity index (χ3n) is 4.64. The third kappa shape index (κ3) is 3.04. The van der Waals surface area contributed by atoms with E-state index in [1.54, 1.807) is 42.5 Å². The Labute approximate surface area is 169 Å². The van der Waals surface area contributed by atoms with Crippen LogP contribution in [0, 0.1) is 0 Å². The van der Waals surface area contributed by atoms with Crippen LogP contribution in [0.1, 0.15) is 20.7 Å². The Kier molecular flexibility index (Phi) is 4.16. The quantitative estimate of drug-likeness (QED) is 0.650. The van der Waals surface area contributed by atoms with E-state index < -0.39 is 24.3 Å². The molecule has 0 spiro atoms. The molecule has 0 bridgehead atoms. The summed E-state index contributed by atoms with van der Waals surface area (Å²) in [6.07, 6.45) is 0. The van der Waals surface area contributed by atoms with Crippen LogP contribution in [0.25, 0.3) is 11.5 Å². The molecule has 2 aliphatic heterocycles. The summed E-state index contributed by atoms with van der Waals surface area (Å²) in [6, 6.07) is 11.4. The molecule has 3 heterocycles. The predicted octanol–water partition coefficient (Wildman–Crippen LogP) is 1.74. The fourth-order valence-electron chi connectivity index (χ4n) is 3.25. The summed E-state index contributed by atoms with van der Waals surface area (Å²) in [4.78, 5) is 37.9. The van der Waals surface area contributed by atoms with E-state index in [1.807, 2.05) is 0 Å².